The number of nitrogens with one attached hydrogen (secondary N) is 1. The van der Waals surface area contributed by atoms with Crippen LogP contribution in [0.4, 0.5) is 0 Å². The van der Waals surface area contributed by atoms with Crippen LogP contribution >= 0.6 is 0 Å². The van der Waals surface area contributed by atoms with Crippen LogP contribution in [-0.2, 0) is 16.1 Å². The third-order valence-electron chi connectivity index (χ3n) is 4.30. The van der Waals surface area contributed by atoms with Crippen molar-refractivity contribution in [3.05, 3.63) is 108 Å². The van der Waals surface area contributed by atoms with Gasteiger partial charge in [-0.05, 0) is 23.3 Å². The lowest BCUT2D eigenvalue weighted by molar-refractivity contribution is -0.153. The minimum atomic E-state index is -1.24. The Morgan fingerprint density at radius 3 is 1.93 bits per heavy atom. The predicted molar refractivity (Wildman–Crippen MR) is 106 cm³/mol. The normalized spacial score (nSPS) is 12.7. The number of amides is 1. The molecule has 2 atom stereocenters. The van der Waals surface area contributed by atoms with Gasteiger partial charge in [0.25, 0.3) is 5.91 Å². The van der Waals surface area contributed by atoms with Crippen molar-refractivity contribution >= 4 is 11.9 Å². The summed E-state index contributed by atoms with van der Waals surface area (Å²) in [6.45, 7) is 0.127. The molecule has 0 spiro atoms. The van der Waals surface area contributed by atoms with Gasteiger partial charge in [0.2, 0.25) is 0 Å². The summed E-state index contributed by atoms with van der Waals surface area (Å²) < 4.78 is 5.73. The summed E-state index contributed by atoms with van der Waals surface area (Å²) in [4.78, 5) is 24.6. The maximum Gasteiger partial charge on any atom is 0.335 e. The molecule has 0 aliphatic rings. The van der Waals surface area contributed by atoms with Crippen molar-refractivity contribution in [1.82, 2.24) is 5.32 Å². The van der Waals surface area contributed by atoms with Crippen LogP contribution in [0.5, 0.6) is 0 Å². The minimum absolute atomic E-state index is 0.127. The highest BCUT2D eigenvalue weighted by atomic mass is 16.5. The number of rotatable bonds is 8. The van der Waals surface area contributed by atoms with Crippen LogP contribution in [0.3, 0.4) is 0 Å². The summed E-state index contributed by atoms with van der Waals surface area (Å²) in [6, 6.07) is 26.2. The Balaban J connectivity index is 1.85. The second-order valence-corrected chi connectivity index (χ2v) is 6.28. The minimum Gasteiger partial charge on any atom is -0.479 e. The summed E-state index contributed by atoms with van der Waals surface area (Å²) >= 11 is 0. The van der Waals surface area contributed by atoms with E-state index in [1.807, 2.05) is 42.5 Å². The third-order valence-corrected chi connectivity index (χ3v) is 4.30. The number of hydrogen-bond acceptors (Lipinski definition) is 3. The Morgan fingerprint density at radius 1 is 0.821 bits per heavy atom. The highest BCUT2D eigenvalue weighted by molar-refractivity contribution is 5.94. The molecule has 3 rings (SSSR count). The summed E-state index contributed by atoms with van der Waals surface area (Å²) in [6.07, 6.45) is -1.24. The molecular formula is C23H21NO4. The standard InChI is InChI=1S/C23H21NO4/c25-22(19-14-8-3-9-15-19)24-20(18-12-6-2-7-13-18)21(23(26)27)28-16-17-10-4-1-5-11-17/h1-15,20-21H,16H2,(H,24,25)(H,26,27)/t20-,21+/m0/s1. The van der Waals surface area contributed by atoms with E-state index in [0.717, 1.165) is 5.56 Å². The van der Waals surface area contributed by atoms with Crippen molar-refractivity contribution in [2.24, 2.45) is 0 Å². The number of carboxylic acid groups (broad SMARTS) is 1. The van der Waals surface area contributed by atoms with Crippen LogP contribution in [0.1, 0.15) is 27.5 Å². The van der Waals surface area contributed by atoms with Gasteiger partial charge >= 0.3 is 5.97 Å². The molecule has 0 aromatic heterocycles. The first-order chi connectivity index (χ1) is 13.6. The molecule has 5 nitrogen and oxygen atoms in total. The largest absolute Gasteiger partial charge is 0.479 e. The fraction of sp³-hybridized carbons (Fsp3) is 0.130. The van der Waals surface area contributed by atoms with Crippen molar-refractivity contribution < 1.29 is 19.4 Å². The molecule has 0 unspecified atom stereocenters. The lowest BCUT2D eigenvalue weighted by Gasteiger charge is -2.26. The van der Waals surface area contributed by atoms with E-state index in [-0.39, 0.29) is 12.5 Å². The predicted octanol–water partition coefficient (Wildman–Crippen LogP) is 3.83. The van der Waals surface area contributed by atoms with Crippen molar-refractivity contribution in [2.75, 3.05) is 0 Å². The molecule has 0 saturated heterocycles. The first kappa shape index (κ1) is 19.3. The Hall–Kier alpha value is -3.44. The monoisotopic (exact) mass is 375 g/mol. The lowest BCUT2D eigenvalue weighted by atomic mass is 10.0. The van der Waals surface area contributed by atoms with Gasteiger partial charge in [-0.2, -0.15) is 0 Å². The first-order valence-corrected chi connectivity index (χ1v) is 8.94. The molecule has 0 bridgehead atoms. The summed E-state index contributed by atoms with van der Waals surface area (Å²) in [5.41, 5.74) is 1.97. The smallest absolute Gasteiger partial charge is 0.335 e. The lowest BCUT2D eigenvalue weighted by Crippen LogP contribution is -2.42. The maximum atomic E-state index is 12.7. The molecule has 2 N–H and O–H groups in total. The van der Waals surface area contributed by atoms with E-state index in [1.54, 1.807) is 48.5 Å². The molecule has 1 amide bonds. The van der Waals surface area contributed by atoms with E-state index in [4.69, 9.17) is 4.74 Å². The van der Waals surface area contributed by atoms with Crippen LogP contribution in [0.2, 0.25) is 0 Å². The molecule has 28 heavy (non-hydrogen) atoms. The average Bonchev–Trinajstić information content (AvgIpc) is 2.74. The third kappa shape index (κ3) is 5.05. The highest BCUT2D eigenvalue weighted by Crippen LogP contribution is 2.22. The van der Waals surface area contributed by atoms with Gasteiger partial charge in [-0.3, -0.25) is 4.79 Å². The van der Waals surface area contributed by atoms with Crippen LogP contribution in [-0.4, -0.2) is 23.1 Å². The van der Waals surface area contributed by atoms with Gasteiger partial charge in [0.15, 0.2) is 6.10 Å². The summed E-state index contributed by atoms with van der Waals surface area (Å²) in [5.74, 6) is -1.50. The van der Waals surface area contributed by atoms with Crippen molar-refractivity contribution in [3.63, 3.8) is 0 Å². The molecule has 142 valence electrons. The van der Waals surface area contributed by atoms with Crippen molar-refractivity contribution in [1.29, 1.82) is 0 Å². The number of carbonyl (C=O) groups excluding carboxylic acids is 1. The van der Waals surface area contributed by atoms with E-state index in [2.05, 4.69) is 5.32 Å². The van der Waals surface area contributed by atoms with Gasteiger partial charge in [0.1, 0.15) is 0 Å². The Kier molecular flexibility index (Phi) is 6.54. The van der Waals surface area contributed by atoms with Crippen LogP contribution in [0.15, 0.2) is 91.0 Å². The van der Waals surface area contributed by atoms with Crippen LogP contribution in [0.25, 0.3) is 0 Å². The number of hydrogen-bond donors (Lipinski definition) is 2. The summed E-state index contributed by atoms with van der Waals surface area (Å²) in [5, 5.41) is 12.6. The van der Waals surface area contributed by atoms with E-state index in [0.29, 0.717) is 11.1 Å². The zero-order chi connectivity index (χ0) is 19.8. The first-order valence-electron chi connectivity index (χ1n) is 8.94. The van der Waals surface area contributed by atoms with E-state index in [9.17, 15) is 14.7 Å². The number of aliphatic carboxylic acids is 1. The van der Waals surface area contributed by atoms with E-state index < -0.39 is 18.1 Å². The van der Waals surface area contributed by atoms with Crippen LogP contribution < -0.4 is 5.32 Å². The molecule has 0 aliphatic heterocycles. The quantitative estimate of drug-likeness (QED) is 0.627. The topological polar surface area (TPSA) is 75.6 Å². The van der Waals surface area contributed by atoms with Gasteiger partial charge in [-0.1, -0.05) is 78.9 Å². The Morgan fingerprint density at radius 2 is 1.36 bits per heavy atom. The van der Waals surface area contributed by atoms with Gasteiger partial charge < -0.3 is 15.2 Å². The zero-order valence-electron chi connectivity index (χ0n) is 15.2. The van der Waals surface area contributed by atoms with Crippen molar-refractivity contribution in [2.45, 2.75) is 18.8 Å². The van der Waals surface area contributed by atoms with E-state index >= 15 is 0 Å². The van der Waals surface area contributed by atoms with Gasteiger partial charge in [0, 0.05) is 5.56 Å². The second kappa shape index (κ2) is 9.48. The van der Waals surface area contributed by atoms with E-state index in [1.165, 1.54) is 0 Å². The second-order valence-electron chi connectivity index (χ2n) is 6.28. The van der Waals surface area contributed by atoms with Crippen molar-refractivity contribution in [3.8, 4) is 0 Å². The molecule has 5 heteroatoms. The van der Waals surface area contributed by atoms with Crippen LogP contribution in [0, 0.1) is 0 Å². The fourth-order valence-electron chi connectivity index (χ4n) is 2.88. The average molecular weight is 375 g/mol. The SMILES string of the molecule is O=C(N[C@@H](c1ccccc1)[C@@H](OCc1ccccc1)C(=O)O)c1ccccc1. The highest BCUT2D eigenvalue weighted by Gasteiger charge is 2.32. The Labute approximate surface area is 163 Å². The maximum absolute atomic E-state index is 12.7. The molecule has 0 aliphatic carbocycles. The molecule has 3 aromatic carbocycles. The number of carboxylic acids is 1. The molecule has 0 heterocycles. The van der Waals surface area contributed by atoms with Gasteiger partial charge in [-0.15, -0.1) is 0 Å². The zero-order valence-corrected chi connectivity index (χ0v) is 15.2. The molecule has 0 radical (unpaired) electrons. The molecule has 3 aromatic rings. The molecular weight excluding hydrogens is 354 g/mol. The fourth-order valence-corrected chi connectivity index (χ4v) is 2.88. The summed E-state index contributed by atoms with van der Waals surface area (Å²) in [7, 11) is 0. The number of ether oxygens (including phenoxy) is 1. The Bertz CT molecular complexity index is 898. The molecule has 0 fully saturated rings. The number of carbonyl (C=O) groups is 2. The number of benzene rings is 3. The van der Waals surface area contributed by atoms with Gasteiger partial charge in [-0.25, -0.2) is 4.79 Å². The molecule has 0 saturated carbocycles. The van der Waals surface area contributed by atoms with Gasteiger partial charge in [0.05, 0.1) is 12.6 Å².